The van der Waals surface area contributed by atoms with Crippen LogP contribution in [-0.4, -0.2) is 42.0 Å². The summed E-state index contributed by atoms with van der Waals surface area (Å²) < 4.78 is 33.2. The predicted octanol–water partition coefficient (Wildman–Crippen LogP) is 2.52. The first-order valence-corrected chi connectivity index (χ1v) is 9.26. The van der Waals surface area contributed by atoms with Crippen LogP contribution in [0.1, 0.15) is 29.2 Å². The molecule has 2 heterocycles. The number of carbonyl (C=O) groups is 2. The topological polar surface area (TPSA) is 71.5 Å². The molecule has 3 atom stereocenters. The number of esters is 1. The lowest BCUT2D eigenvalue weighted by atomic mass is 9.91. The van der Waals surface area contributed by atoms with Crippen molar-refractivity contribution in [1.82, 2.24) is 15.2 Å². The molecule has 1 fully saturated rings. The average molecular weight is 403 g/mol. The van der Waals surface area contributed by atoms with Crippen LogP contribution in [0.25, 0.3) is 0 Å². The summed E-state index contributed by atoms with van der Waals surface area (Å²) >= 11 is 0. The van der Waals surface area contributed by atoms with Crippen molar-refractivity contribution in [1.29, 1.82) is 0 Å². The van der Waals surface area contributed by atoms with Gasteiger partial charge in [0.1, 0.15) is 6.04 Å². The van der Waals surface area contributed by atoms with E-state index in [1.807, 2.05) is 6.92 Å². The number of nitrogens with one attached hydrogen (secondary N) is 1. The summed E-state index contributed by atoms with van der Waals surface area (Å²) in [6, 6.07) is 4.12. The number of aromatic nitrogens is 1. The number of carbonyl (C=O) groups excluding carboxylic acids is 2. The smallest absolute Gasteiger partial charge is 0.323 e. The van der Waals surface area contributed by atoms with Gasteiger partial charge in [-0.05, 0) is 43.7 Å². The standard InChI is InChI=1S/C21H23F2N3O3/c1-12-10-24-8-7-13(12)11-25-20(27)15-9-17(21(28)29-3)26(2)19(15)14-5-4-6-16(22)18(14)23/h4-8,10,15,17,19H,9,11H2,1-3H3,(H,25,27)/t15-,17-,19-/m0/s1. The lowest BCUT2D eigenvalue weighted by Crippen LogP contribution is -2.36. The van der Waals surface area contributed by atoms with E-state index in [9.17, 15) is 18.4 Å². The average Bonchev–Trinajstić information content (AvgIpc) is 3.06. The van der Waals surface area contributed by atoms with E-state index >= 15 is 0 Å². The van der Waals surface area contributed by atoms with Gasteiger partial charge in [-0.15, -0.1) is 0 Å². The fourth-order valence-corrected chi connectivity index (χ4v) is 3.86. The largest absolute Gasteiger partial charge is 0.468 e. The quantitative estimate of drug-likeness (QED) is 0.777. The highest BCUT2D eigenvalue weighted by Crippen LogP contribution is 2.41. The third kappa shape index (κ3) is 4.12. The normalized spacial score (nSPS) is 21.8. The zero-order valence-corrected chi connectivity index (χ0v) is 16.5. The van der Waals surface area contributed by atoms with E-state index in [0.29, 0.717) is 0 Å². The van der Waals surface area contributed by atoms with Crippen LogP contribution in [0.5, 0.6) is 0 Å². The summed E-state index contributed by atoms with van der Waals surface area (Å²) in [5.41, 5.74) is 1.87. The highest BCUT2D eigenvalue weighted by molar-refractivity contribution is 5.83. The third-order valence-corrected chi connectivity index (χ3v) is 5.49. The van der Waals surface area contributed by atoms with E-state index in [0.717, 1.165) is 17.2 Å². The van der Waals surface area contributed by atoms with Crippen LogP contribution in [0, 0.1) is 24.5 Å². The third-order valence-electron chi connectivity index (χ3n) is 5.49. The van der Waals surface area contributed by atoms with Gasteiger partial charge >= 0.3 is 5.97 Å². The molecule has 8 heteroatoms. The maximum Gasteiger partial charge on any atom is 0.323 e. The summed E-state index contributed by atoms with van der Waals surface area (Å²) in [6.07, 6.45) is 3.48. The zero-order valence-electron chi connectivity index (χ0n) is 16.5. The molecule has 3 rings (SSSR count). The SMILES string of the molecule is COC(=O)[C@@H]1C[C@H](C(=O)NCc2ccncc2C)[C@H](c2cccc(F)c2F)N1C. The van der Waals surface area contributed by atoms with Crippen LogP contribution < -0.4 is 5.32 Å². The lowest BCUT2D eigenvalue weighted by Gasteiger charge is -2.27. The number of pyridine rings is 1. The number of hydrogen-bond acceptors (Lipinski definition) is 5. The minimum atomic E-state index is -1.02. The van der Waals surface area contributed by atoms with Crippen LogP contribution in [0.15, 0.2) is 36.7 Å². The van der Waals surface area contributed by atoms with Crippen molar-refractivity contribution in [2.45, 2.75) is 32.0 Å². The second-order valence-electron chi connectivity index (χ2n) is 7.15. The van der Waals surface area contributed by atoms with Gasteiger partial charge < -0.3 is 10.1 Å². The molecule has 0 radical (unpaired) electrons. The Hall–Kier alpha value is -2.87. The molecule has 0 bridgehead atoms. The van der Waals surface area contributed by atoms with Crippen molar-refractivity contribution in [2.75, 3.05) is 14.2 Å². The predicted molar refractivity (Wildman–Crippen MR) is 102 cm³/mol. The molecule has 0 aliphatic carbocycles. The number of hydrogen-bond donors (Lipinski definition) is 1. The van der Waals surface area contributed by atoms with Crippen LogP contribution in [0.2, 0.25) is 0 Å². The number of nitrogens with zero attached hydrogens (tertiary/aromatic N) is 2. The summed E-state index contributed by atoms with van der Waals surface area (Å²) in [7, 11) is 2.87. The lowest BCUT2D eigenvalue weighted by molar-refractivity contribution is -0.145. The molecule has 2 aromatic rings. The molecule has 1 N–H and O–H groups in total. The molecule has 0 saturated carbocycles. The molecule has 154 valence electrons. The summed E-state index contributed by atoms with van der Waals surface area (Å²) in [4.78, 5) is 30.8. The zero-order chi connectivity index (χ0) is 21.1. The van der Waals surface area contributed by atoms with E-state index in [-0.39, 0.29) is 24.4 Å². The van der Waals surface area contributed by atoms with E-state index in [1.54, 1.807) is 30.4 Å². The Morgan fingerprint density at radius 3 is 2.76 bits per heavy atom. The van der Waals surface area contributed by atoms with Crippen molar-refractivity contribution in [3.63, 3.8) is 0 Å². The minimum absolute atomic E-state index is 0.0409. The Kier molecular flexibility index (Phi) is 6.22. The van der Waals surface area contributed by atoms with Crippen LogP contribution in [0.4, 0.5) is 8.78 Å². The van der Waals surface area contributed by atoms with Gasteiger partial charge in [0.2, 0.25) is 5.91 Å². The molecule has 1 aliphatic heterocycles. The van der Waals surface area contributed by atoms with Crippen molar-refractivity contribution in [3.8, 4) is 0 Å². The molecule has 1 amide bonds. The van der Waals surface area contributed by atoms with E-state index < -0.39 is 35.6 Å². The number of methoxy groups -OCH3 is 1. The van der Waals surface area contributed by atoms with Gasteiger partial charge in [0.05, 0.1) is 19.1 Å². The molecule has 1 aromatic heterocycles. The van der Waals surface area contributed by atoms with E-state index in [2.05, 4.69) is 10.3 Å². The molecular weight excluding hydrogens is 380 g/mol. The fourth-order valence-electron chi connectivity index (χ4n) is 3.86. The Bertz CT molecular complexity index is 922. The Morgan fingerprint density at radius 2 is 2.07 bits per heavy atom. The number of likely N-dealkylation sites (tertiary alicyclic amines) is 1. The monoisotopic (exact) mass is 403 g/mol. The summed E-state index contributed by atoms with van der Waals surface area (Å²) in [6.45, 7) is 2.16. The highest BCUT2D eigenvalue weighted by Gasteiger charge is 2.47. The molecule has 1 aliphatic rings. The van der Waals surface area contributed by atoms with Crippen molar-refractivity contribution < 1.29 is 23.1 Å². The van der Waals surface area contributed by atoms with Crippen molar-refractivity contribution >= 4 is 11.9 Å². The molecule has 0 unspecified atom stereocenters. The number of rotatable bonds is 5. The molecule has 29 heavy (non-hydrogen) atoms. The van der Waals surface area contributed by atoms with Gasteiger partial charge in [-0.25, -0.2) is 8.78 Å². The first-order valence-electron chi connectivity index (χ1n) is 9.26. The number of ether oxygens (including phenoxy) is 1. The van der Waals surface area contributed by atoms with Gasteiger partial charge in [-0.3, -0.25) is 19.5 Å². The number of likely N-dealkylation sites (N-methyl/N-ethyl adjacent to an activating group) is 1. The van der Waals surface area contributed by atoms with Gasteiger partial charge in [-0.2, -0.15) is 0 Å². The molecule has 6 nitrogen and oxygen atoms in total. The second kappa shape index (κ2) is 8.65. The van der Waals surface area contributed by atoms with E-state index in [1.165, 1.54) is 19.2 Å². The highest BCUT2D eigenvalue weighted by atomic mass is 19.2. The number of amides is 1. The Labute approximate surface area is 167 Å². The maximum atomic E-state index is 14.5. The summed E-state index contributed by atoms with van der Waals surface area (Å²) in [5.74, 6) is -3.62. The molecule has 1 saturated heterocycles. The Morgan fingerprint density at radius 1 is 1.31 bits per heavy atom. The maximum absolute atomic E-state index is 14.5. The number of aryl methyl sites for hydroxylation is 1. The van der Waals surface area contributed by atoms with Crippen LogP contribution >= 0.6 is 0 Å². The van der Waals surface area contributed by atoms with Crippen LogP contribution in [0.3, 0.4) is 0 Å². The Balaban J connectivity index is 1.88. The van der Waals surface area contributed by atoms with Crippen LogP contribution in [-0.2, 0) is 20.9 Å². The second-order valence-corrected chi connectivity index (χ2v) is 7.15. The van der Waals surface area contributed by atoms with Gasteiger partial charge in [0.15, 0.2) is 11.6 Å². The molecular formula is C21H23F2N3O3. The van der Waals surface area contributed by atoms with Crippen molar-refractivity contribution in [3.05, 3.63) is 65.0 Å². The van der Waals surface area contributed by atoms with Crippen molar-refractivity contribution in [2.24, 2.45) is 5.92 Å². The summed E-state index contributed by atoms with van der Waals surface area (Å²) in [5, 5.41) is 2.85. The van der Waals surface area contributed by atoms with Gasteiger partial charge in [-0.1, -0.05) is 12.1 Å². The minimum Gasteiger partial charge on any atom is -0.468 e. The molecule has 1 aromatic carbocycles. The first kappa shape index (κ1) is 20.9. The van der Waals surface area contributed by atoms with E-state index in [4.69, 9.17) is 4.74 Å². The number of benzene rings is 1. The molecule has 0 spiro atoms. The number of halogens is 2. The van der Waals surface area contributed by atoms with Gasteiger partial charge in [0, 0.05) is 24.5 Å². The van der Waals surface area contributed by atoms with Gasteiger partial charge in [0.25, 0.3) is 0 Å². The fraction of sp³-hybridized carbons (Fsp3) is 0.381. The first-order chi connectivity index (χ1) is 13.8.